The van der Waals surface area contributed by atoms with Gasteiger partial charge in [0, 0.05) is 12.4 Å². The number of piperidine rings is 1. The summed E-state index contributed by atoms with van der Waals surface area (Å²) >= 11 is 6.96. The third kappa shape index (κ3) is 9.42. The van der Waals surface area contributed by atoms with Crippen LogP contribution in [0.1, 0.15) is 27.8 Å². The SMILES string of the molecule is ClCC1C(OCc2ccccc2)C(OCc2ccccc2)C(OCc2ccccc2)C(COCc2ccccc2)N1Cc1ccccc1. The van der Waals surface area contributed by atoms with Crippen molar-refractivity contribution in [2.24, 2.45) is 0 Å². The summed E-state index contributed by atoms with van der Waals surface area (Å²) in [6.07, 6.45) is -1.17. The Kier molecular flexibility index (Phi) is 12.8. The van der Waals surface area contributed by atoms with E-state index in [1.165, 1.54) is 5.56 Å². The topological polar surface area (TPSA) is 40.2 Å². The van der Waals surface area contributed by atoms with Crippen LogP contribution in [0, 0.1) is 0 Å². The first kappa shape index (κ1) is 34.1. The van der Waals surface area contributed by atoms with Gasteiger partial charge in [0.25, 0.3) is 0 Å². The van der Waals surface area contributed by atoms with Gasteiger partial charge in [-0.2, -0.15) is 0 Å². The molecular weight excluding hydrogens is 618 g/mol. The van der Waals surface area contributed by atoms with Crippen molar-refractivity contribution < 1.29 is 18.9 Å². The number of alkyl halides is 1. The molecule has 0 aromatic heterocycles. The van der Waals surface area contributed by atoms with E-state index in [1.54, 1.807) is 0 Å². The molecule has 0 bridgehead atoms. The van der Waals surface area contributed by atoms with Gasteiger partial charge in [-0.1, -0.05) is 152 Å². The number of ether oxygens (including phenoxy) is 4. The van der Waals surface area contributed by atoms with Crippen LogP contribution in [0.15, 0.2) is 152 Å². The lowest BCUT2D eigenvalue weighted by molar-refractivity contribution is -0.228. The van der Waals surface area contributed by atoms with Crippen LogP contribution in [-0.4, -0.2) is 47.8 Å². The van der Waals surface area contributed by atoms with Gasteiger partial charge >= 0.3 is 0 Å². The van der Waals surface area contributed by atoms with Crippen molar-refractivity contribution in [2.75, 3.05) is 12.5 Å². The molecule has 0 spiro atoms. The maximum atomic E-state index is 6.96. The average Bonchev–Trinajstić information content (AvgIpc) is 3.15. The van der Waals surface area contributed by atoms with E-state index in [-0.39, 0.29) is 24.3 Å². The minimum Gasteiger partial charge on any atom is -0.375 e. The second kappa shape index (κ2) is 18.1. The number of hydrogen-bond acceptors (Lipinski definition) is 5. The molecule has 1 fully saturated rings. The molecule has 48 heavy (non-hydrogen) atoms. The van der Waals surface area contributed by atoms with E-state index in [1.807, 2.05) is 78.9 Å². The molecular formula is C42H44ClNO4. The Morgan fingerprint density at radius 3 is 1.19 bits per heavy atom. The molecule has 5 nitrogen and oxygen atoms in total. The van der Waals surface area contributed by atoms with Crippen molar-refractivity contribution in [3.8, 4) is 0 Å². The first-order valence-electron chi connectivity index (χ1n) is 16.7. The lowest BCUT2D eigenvalue weighted by atomic mass is 9.87. The smallest absolute Gasteiger partial charge is 0.113 e. The van der Waals surface area contributed by atoms with Crippen LogP contribution < -0.4 is 0 Å². The molecule has 1 saturated heterocycles. The first-order chi connectivity index (χ1) is 23.8. The van der Waals surface area contributed by atoms with Crippen molar-refractivity contribution in [1.82, 2.24) is 4.90 Å². The molecule has 6 rings (SSSR count). The quantitative estimate of drug-likeness (QED) is 0.0993. The molecule has 0 aliphatic carbocycles. The van der Waals surface area contributed by atoms with Gasteiger partial charge in [-0.3, -0.25) is 4.90 Å². The highest BCUT2D eigenvalue weighted by atomic mass is 35.5. The van der Waals surface area contributed by atoms with Gasteiger partial charge < -0.3 is 18.9 Å². The molecule has 0 amide bonds. The minimum atomic E-state index is -0.418. The van der Waals surface area contributed by atoms with E-state index in [0.29, 0.717) is 45.5 Å². The van der Waals surface area contributed by atoms with E-state index < -0.39 is 6.10 Å². The van der Waals surface area contributed by atoms with Crippen molar-refractivity contribution >= 4 is 11.6 Å². The highest BCUT2D eigenvalue weighted by molar-refractivity contribution is 6.18. The Morgan fingerprint density at radius 1 is 0.417 bits per heavy atom. The molecule has 5 aromatic rings. The zero-order chi connectivity index (χ0) is 32.8. The number of halogens is 1. The Balaban J connectivity index is 1.37. The summed E-state index contributed by atoms with van der Waals surface area (Å²) < 4.78 is 27.3. The van der Waals surface area contributed by atoms with E-state index in [0.717, 1.165) is 22.3 Å². The van der Waals surface area contributed by atoms with Gasteiger partial charge in [0.2, 0.25) is 0 Å². The summed E-state index contributed by atoms with van der Waals surface area (Å²) in [5, 5.41) is 0. The van der Waals surface area contributed by atoms with Gasteiger partial charge in [0.1, 0.15) is 18.3 Å². The predicted octanol–water partition coefficient (Wildman–Crippen LogP) is 8.45. The number of benzene rings is 5. The van der Waals surface area contributed by atoms with Gasteiger partial charge in [0.05, 0.1) is 45.1 Å². The van der Waals surface area contributed by atoms with Crippen LogP contribution >= 0.6 is 11.6 Å². The number of rotatable bonds is 16. The fraction of sp³-hybridized carbons (Fsp3) is 0.286. The lowest BCUT2D eigenvalue weighted by Gasteiger charge is -2.52. The van der Waals surface area contributed by atoms with Crippen LogP contribution in [-0.2, 0) is 51.9 Å². The van der Waals surface area contributed by atoms with Gasteiger partial charge in [-0.25, -0.2) is 0 Å². The van der Waals surface area contributed by atoms with Crippen molar-refractivity contribution in [2.45, 2.75) is 63.4 Å². The monoisotopic (exact) mass is 661 g/mol. The molecule has 1 aliphatic heterocycles. The summed E-state index contributed by atoms with van der Waals surface area (Å²) in [5.74, 6) is 0.359. The average molecular weight is 662 g/mol. The second-order valence-electron chi connectivity index (χ2n) is 12.2. The van der Waals surface area contributed by atoms with Crippen LogP contribution in [0.5, 0.6) is 0 Å². The largest absolute Gasteiger partial charge is 0.375 e. The predicted molar refractivity (Wildman–Crippen MR) is 191 cm³/mol. The summed E-state index contributed by atoms with van der Waals surface area (Å²) in [5.41, 5.74) is 5.59. The number of likely N-dealkylation sites (tertiary alicyclic amines) is 1. The minimum absolute atomic E-state index is 0.168. The molecule has 1 heterocycles. The highest BCUT2D eigenvalue weighted by Crippen LogP contribution is 2.35. The van der Waals surface area contributed by atoms with Crippen LogP contribution in [0.4, 0.5) is 0 Å². The second-order valence-corrected chi connectivity index (χ2v) is 12.5. The molecule has 0 N–H and O–H groups in total. The molecule has 5 atom stereocenters. The maximum absolute atomic E-state index is 6.96. The standard InChI is InChI=1S/C42H44ClNO4/c43-26-38-40(46-29-35-20-10-3-11-21-35)42(48-31-37-24-14-5-15-25-37)41(47-30-36-22-12-4-13-23-36)39(32-45-28-34-18-8-2-9-19-34)44(38)27-33-16-6-1-7-17-33/h1-25,38-42H,26-32H2. The summed E-state index contributed by atoms with van der Waals surface area (Å²) in [7, 11) is 0. The molecule has 6 heteroatoms. The molecule has 5 unspecified atom stereocenters. The maximum Gasteiger partial charge on any atom is 0.113 e. The number of hydrogen-bond donors (Lipinski definition) is 0. The third-order valence-electron chi connectivity index (χ3n) is 8.88. The first-order valence-corrected chi connectivity index (χ1v) is 17.3. The van der Waals surface area contributed by atoms with Crippen LogP contribution in [0.25, 0.3) is 0 Å². The van der Waals surface area contributed by atoms with E-state index in [2.05, 4.69) is 77.7 Å². The normalized spacial score (nSPS) is 21.2. The molecule has 1 aliphatic rings. The number of nitrogens with zero attached hydrogens (tertiary/aromatic N) is 1. The van der Waals surface area contributed by atoms with Crippen molar-refractivity contribution in [3.05, 3.63) is 179 Å². The third-order valence-corrected chi connectivity index (χ3v) is 9.20. The highest BCUT2D eigenvalue weighted by Gasteiger charge is 2.51. The summed E-state index contributed by atoms with van der Waals surface area (Å²) in [6, 6.07) is 51.3. The van der Waals surface area contributed by atoms with E-state index in [4.69, 9.17) is 30.5 Å². The van der Waals surface area contributed by atoms with E-state index >= 15 is 0 Å². The Bertz CT molecular complexity index is 1590. The summed E-state index contributed by atoms with van der Waals surface area (Å²) in [4.78, 5) is 2.43. The zero-order valence-electron chi connectivity index (χ0n) is 27.2. The van der Waals surface area contributed by atoms with Gasteiger partial charge in [-0.15, -0.1) is 11.6 Å². The van der Waals surface area contributed by atoms with Gasteiger partial charge in [0.15, 0.2) is 0 Å². The molecule has 5 aromatic carbocycles. The Hall–Kier alpha value is -3.81. The van der Waals surface area contributed by atoms with Crippen molar-refractivity contribution in [1.29, 1.82) is 0 Å². The Labute approximate surface area is 290 Å². The lowest BCUT2D eigenvalue weighted by Crippen LogP contribution is -2.69. The molecule has 0 radical (unpaired) electrons. The Morgan fingerprint density at radius 2 is 0.771 bits per heavy atom. The fourth-order valence-electron chi connectivity index (χ4n) is 6.42. The van der Waals surface area contributed by atoms with Crippen LogP contribution in [0.3, 0.4) is 0 Å². The zero-order valence-corrected chi connectivity index (χ0v) is 28.0. The molecule has 0 saturated carbocycles. The fourth-order valence-corrected chi connectivity index (χ4v) is 6.77. The van der Waals surface area contributed by atoms with Crippen molar-refractivity contribution in [3.63, 3.8) is 0 Å². The van der Waals surface area contributed by atoms with Crippen LogP contribution in [0.2, 0.25) is 0 Å². The van der Waals surface area contributed by atoms with E-state index in [9.17, 15) is 0 Å². The summed E-state index contributed by atoms with van der Waals surface area (Å²) in [6.45, 7) is 2.89. The van der Waals surface area contributed by atoms with Gasteiger partial charge in [-0.05, 0) is 27.8 Å². The molecule has 248 valence electrons.